The monoisotopic (exact) mass is 616 g/mol. The van der Waals surface area contributed by atoms with Gasteiger partial charge < -0.3 is 30.5 Å². The average Bonchev–Trinajstić information content (AvgIpc) is 3.75. The minimum Gasteiger partial charge on any atom is -0.378 e. The lowest BCUT2D eigenvalue weighted by atomic mass is 10.1. The summed E-state index contributed by atoms with van der Waals surface area (Å²) < 4.78 is 11.1. The molecule has 0 spiro atoms. The second kappa shape index (κ2) is 20.8. The van der Waals surface area contributed by atoms with Crippen LogP contribution in [0.15, 0.2) is 0 Å². The molecule has 5 atom stereocenters. The van der Waals surface area contributed by atoms with Gasteiger partial charge in [-0.3, -0.25) is 19.7 Å². The van der Waals surface area contributed by atoms with E-state index in [0.717, 1.165) is 62.6 Å². The van der Waals surface area contributed by atoms with E-state index in [0.29, 0.717) is 24.0 Å². The van der Waals surface area contributed by atoms with Crippen molar-refractivity contribution in [3.63, 3.8) is 0 Å². The van der Waals surface area contributed by atoms with Crippen molar-refractivity contribution in [1.29, 1.82) is 0 Å². The van der Waals surface area contributed by atoms with Crippen LogP contribution in [0.25, 0.3) is 0 Å². The van der Waals surface area contributed by atoms with Gasteiger partial charge in [0, 0.05) is 12.4 Å². The molecule has 3 fully saturated rings. The number of ether oxygens (including phenoxy) is 2. The lowest BCUT2D eigenvalue weighted by molar-refractivity contribution is -0.128. The van der Waals surface area contributed by atoms with Crippen LogP contribution in [0.4, 0.5) is 0 Å². The number of aliphatic hydroxyl groups excluding tert-OH is 1. The molecule has 2 aliphatic heterocycles. The molecular formula is C29H52N4O6S2. The molecule has 12 heteroatoms. The van der Waals surface area contributed by atoms with E-state index in [1.165, 1.54) is 44.9 Å². The first kappa shape index (κ1) is 34.4. The van der Waals surface area contributed by atoms with Crippen molar-refractivity contribution in [2.45, 2.75) is 102 Å². The number of amides is 3. The van der Waals surface area contributed by atoms with Crippen molar-refractivity contribution < 1.29 is 29.0 Å². The molecule has 0 aromatic carbocycles. The van der Waals surface area contributed by atoms with Gasteiger partial charge in [-0.2, -0.15) is 23.5 Å². The first-order chi connectivity index (χ1) is 20.0. The maximum atomic E-state index is 12.0. The predicted molar refractivity (Wildman–Crippen MR) is 164 cm³/mol. The van der Waals surface area contributed by atoms with E-state index in [4.69, 9.17) is 9.47 Å². The molecule has 3 amide bonds. The summed E-state index contributed by atoms with van der Waals surface area (Å²) in [6, 6.07) is 0. The first-order valence-corrected chi connectivity index (χ1v) is 18.0. The van der Waals surface area contributed by atoms with Gasteiger partial charge >= 0.3 is 0 Å². The Labute approximate surface area is 254 Å². The number of carbonyl (C=O) groups excluding carboxylic acids is 3. The van der Waals surface area contributed by atoms with Crippen molar-refractivity contribution in [3.8, 4) is 0 Å². The minimum atomic E-state index is -0.675. The Morgan fingerprint density at radius 2 is 1.44 bits per heavy atom. The topological polar surface area (TPSA) is 138 Å². The third-order valence-electron chi connectivity index (χ3n) is 7.70. The summed E-state index contributed by atoms with van der Waals surface area (Å²) >= 11 is 3.35. The number of carbonyl (C=O) groups is 3. The lowest BCUT2D eigenvalue weighted by Gasteiger charge is -2.23. The van der Waals surface area contributed by atoms with Crippen LogP contribution in [0, 0.1) is 11.8 Å². The molecule has 5 N–H and O–H groups in total. The molecule has 1 saturated carbocycles. The fraction of sp³-hybridized carbons (Fsp3) is 0.897. The number of hydrogen-bond donors (Lipinski definition) is 5. The quantitative estimate of drug-likeness (QED) is 0.0918. The Morgan fingerprint density at radius 1 is 0.756 bits per heavy atom. The van der Waals surface area contributed by atoms with E-state index in [2.05, 4.69) is 21.3 Å². The highest BCUT2D eigenvalue weighted by Crippen LogP contribution is 2.45. The first-order valence-electron chi connectivity index (χ1n) is 15.6. The van der Waals surface area contributed by atoms with Crippen LogP contribution >= 0.6 is 23.5 Å². The number of rotatable bonds is 22. The Kier molecular flexibility index (Phi) is 17.5. The summed E-state index contributed by atoms with van der Waals surface area (Å²) in [6.07, 6.45) is 13.6. The normalized spacial score (nSPS) is 24.2. The van der Waals surface area contributed by atoms with Gasteiger partial charge in [-0.25, -0.2) is 0 Å². The highest BCUT2D eigenvalue weighted by atomic mass is 32.2. The number of thioether (sulfide) groups is 2. The lowest BCUT2D eigenvalue weighted by Crippen LogP contribution is -2.46. The van der Waals surface area contributed by atoms with Gasteiger partial charge in [0.25, 0.3) is 0 Å². The summed E-state index contributed by atoms with van der Waals surface area (Å²) in [4.78, 5) is 35.8. The molecular weight excluding hydrogens is 564 g/mol. The smallest absolute Gasteiger partial charge is 0.241 e. The van der Waals surface area contributed by atoms with Crippen LogP contribution in [-0.4, -0.2) is 90.8 Å². The zero-order valence-electron chi connectivity index (χ0n) is 24.5. The van der Waals surface area contributed by atoms with Gasteiger partial charge in [0.05, 0.1) is 25.4 Å². The number of fused-ring (bicyclic) bond motifs is 1. The third-order valence-corrected chi connectivity index (χ3v) is 9.87. The van der Waals surface area contributed by atoms with Crippen LogP contribution in [0.2, 0.25) is 0 Å². The highest BCUT2D eigenvalue weighted by molar-refractivity contribution is 8.00. The number of nitrogens with one attached hydrogen (secondary N) is 4. The fourth-order valence-corrected chi connectivity index (χ4v) is 6.89. The van der Waals surface area contributed by atoms with Crippen LogP contribution < -0.4 is 21.3 Å². The van der Waals surface area contributed by atoms with Crippen LogP contribution in [0.1, 0.15) is 83.5 Å². The zero-order valence-corrected chi connectivity index (χ0v) is 26.2. The van der Waals surface area contributed by atoms with Crippen molar-refractivity contribution >= 4 is 41.2 Å². The zero-order chi connectivity index (χ0) is 29.1. The van der Waals surface area contributed by atoms with E-state index in [1.54, 1.807) is 23.5 Å². The van der Waals surface area contributed by atoms with Gasteiger partial charge in [-0.05, 0) is 68.3 Å². The van der Waals surface area contributed by atoms with E-state index in [-0.39, 0.29) is 43.3 Å². The molecule has 2 saturated heterocycles. The third kappa shape index (κ3) is 16.4. The van der Waals surface area contributed by atoms with Gasteiger partial charge in [-0.15, -0.1) is 0 Å². The molecule has 2 heterocycles. The second-order valence-corrected chi connectivity index (χ2v) is 13.7. The van der Waals surface area contributed by atoms with Crippen LogP contribution in [0.3, 0.4) is 0 Å². The van der Waals surface area contributed by atoms with Crippen molar-refractivity contribution in [2.75, 3.05) is 49.3 Å². The minimum absolute atomic E-state index is 0.00845. The Morgan fingerprint density at radius 3 is 2.15 bits per heavy atom. The molecule has 0 aromatic rings. The molecule has 3 rings (SSSR count). The molecule has 236 valence electrons. The number of hydrogen-bond acceptors (Lipinski definition) is 9. The second-order valence-electron chi connectivity index (χ2n) is 11.4. The van der Waals surface area contributed by atoms with Crippen molar-refractivity contribution in [3.05, 3.63) is 0 Å². The van der Waals surface area contributed by atoms with E-state index in [1.807, 2.05) is 0 Å². The molecule has 3 aliphatic rings. The van der Waals surface area contributed by atoms with Crippen LogP contribution in [0.5, 0.6) is 0 Å². The molecule has 0 aromatic heterocycles. The number of aliphatic hydroxyl groups is 1. The summed E-state index contributed by atoms with van der Waals surface area (Å²) in [5, 5.41) is 21.3. The molecule has 5 unspecified atom stereocenters. The standard InChI is InChI=1S/C29H52N4O6S2/c34-24(32-28-11-7-8-12-38-28)17-30-26(36)20-40-13-9-5-3-1-2-4-6-10-14-41-21-27(37)31-18-25(35)33-29-16-22-15-23(22)19-39-29/h22-23,27-29,31,37H,1-21H2,(H,30,36)(H,32,34)(H,33,35). The SMILES string of the molecule is O=C(CSCCCCCCCCCCSCC(O)NCC(=O)NC1CC2CC2CO1)NCC(=O)NC1CCCCO1. The van der Waals surface area contributed by atoms with Gasteiger partial charge in [0.1, 0.15) is 18.7 Å². The average molecular weight is 617 g/mol. The molecule has 1 aliphatic carbocycles. The van der Waals surface area contributed by atoms with Crippen molar-refractivity contribution in [1.82, 2.24) is 21.3 Å². The van der Waals surface area contributed by atoms with E-state index in [9.17, 15) is 19.5 Å². The molecule has 0 bridgehead atoms. The Balaban J connectivity index is 0.996. The number of unbranched alkanes of at least 4 members (excludes halogenated alkanes) is 7. The van der Waals surface area contributed by atoms with E-state index >= 15 is 0 Å². The summed E-state index contributed by atoms with van der Waals surface area (Å²) in [6.45, 7) is 1.56. The Bertz CT molecular complexity index is 774. The maximum absolute atomic E-state index is 12.0. The maximum Gasteiger partial charge on any atom is 0.241 e. The fourth-order valence-electron chi connectivity index (χ4n) is 5.13. The molecule has 10 nitrogen and oxygen atoms in total. The van der Waals surface area contributed by atoms with Gasteiger partial charge in [0.15, 0.2) is 0 Å². The summed E-state index contributed by atoms with van der Waals surface area (Å²) in [7, 11) is 0. The van der Waals surface area contributed by atoms with Gasteiger partial charge in [0.2, 0.25) is 17.7 Å². The molecule has 0 radical (unpaired) electrons. The van der Waals surface area contributed by atoms with Crippen LogP contribution in [-0.2, 0) is 23.9 Å². The summed E-state index contributed by atoms with van der Waals surface area (Å²) in [5.74, 6) is 3.99. The van der Waals surface area contributed by atoms with Crippen molar-refractivity contribution in [2.24, 2.45) is 11.8 Å². The van der Waals surface area contributed by atoms with Gasteiger partial charge in [-0.1, -0.05) is 38.5 Å². The largest absolute Gasteiger partial charge is 0.378 e. The van der Waals surface area contributed by atoms with E-state index < -0.39 is 6.23 Å². The highest BCUT2D eigenvalue weighted by Gasteiger charge is 2.43. The molecule has 41 heavy (non-hydrogen) atoms. The Hall–Kier alpha value is -1.05. The summed E-state index contributed by atoms with van der Waals surface area (Å²) in [5.41, 5.74) is 0. The predicted octanol–water partition coefficient (Wildman–Crippen LogP) is 2.74.